The van der Waals surface area contributed by atoms with Crippen molar-refractivity contribution in [2.45, 2.75) is 12.3 Å². The van der Waals surface area contributed by atoms with Crippen LogP contribution in [0.4, 0.5) is 14.6 Å². The van der Waals surface area contributed by atoms with Crippen LogP contribution in [0, 0.1) is 10.1 Å². The number of pyridine rings is 1. The third-order valence-electron chi connectivity index (χ3n) is 1.59. The molecule has 0 bridgehead atoms. The molecule has 0 saturated heterocycles. The van der Waals surface area contributed by atoms with Crippen molar-refractivity contribution in [2.75, 3.05) is 0 Å². The summed E-state index contributed by atoms with van der Waals surface area (Å²) >= 11 is 8.30. The SMILES string of the molecule is O=[N+]([O-])c1cc(C(F)F)c(Br)c(CCl)n1. The quantitative estimate of drug-likeness (QED) is 0.488. The maximum absolute atomic E-state index is 12.5. The van der Waals surface area contributed by atoms with Crippen LogP contribution in [-0.4, -0.2) is 9.91 Å². The van der Waals surface area contributed by atoms with Gasteiger partial charge in [-0.1, -0.05) is 0 Å². The molecule has 1 rings (SSSR count). The van der Waals surface area contributed by atoms with Crippen molar-refractivity contribution in [3.8, 4) is 0 Å². The van der Waals surface area contributed by atoms with Crippen LogP contribution in [0.15, 0.2) is 10.5 Å². The smallest absolute Gasteiger partial charge is 0.358 e. The fourth-order valence-corrected chi connectivity index (χ4v) is 1.80. The summed E-state index contributed by atoms with van der Waals surface area (Å²) in [6.45, 7) is 0. The highest BCUT2D eigenvalue weighted by atomic mass is 79.9. The normalized spacial score (nSPS) is 10.7. The molecular formula is C7H4BrClF2N2O2. The van der Waals surface area contributed by atoms with E-state index in [-0.39, 0.29) is 16.0 Å². The lowest BCUT2D eigenvalue weighted by atomic mass is 10.2. The number of alkyl halides is 3. The largest absolute Gasteiger partial charge is 0.364 e. The Morgan fingerprint density at radius 3 is 2.67 bits per heavy atom. The highest BCUT2D eigenvalue weighted by molar-refractivity contribution is 9.10. The van der Waals surface area contributed by atoms with Crippen LogP contribution in [0.5, 0.6) is 0 Å². The summed E-state index contributed by atoms with van der Waals surface area (Å²) in [5.41, 5.74) is -0.450. The van der Waals surface area contributed by atoms with E-state index in [2.05, 4.69) is 20.9 Å². The zero-order chi connectivity index (χ0) is 11.6. The van der Waals surface area contributed by atoms with Crippen molar-refractivity contribution >= 4 is 33.3 Å². The molecule has 0 unspecified atom stereocenters. The fourth-order valence-electron chi connectivity index (χ4n) is 0.930. The molecule has 0 aromatic carbocycles. The van der Waals surface area contributed by atoms with Crippen molar-refractivity contribution in [1.29, 1.82) is 0 Å². The maximum Gasteiger partial charge on any atom is 0.364 e. The number of nitrogens with zero attached hydrogens (tertiary/aromatic N) is 2. The Hall–Kier alpha value is -0.820. The van der Waals surface area contributed by atoms with Gasteiger partial charge in [-0.3, -0.25) is 0 Å². The van der Waals surface area contributed by atoms with E-state index >= 15 is 0 Å². The monoisotopic (exact) mass is 300 g/mol. The molecule has 0 fully saturated rings. The third kappa shape index (κ3) is 2.60. The van der Waals surface area contributed by atoms with E-state index < -0.39 is 22.7 Å². The molecule has 0 amide bonds. The average molecular weight is 301 g/mol. The second kappa shape index (κ2) is 4.80. The molecule has 1 aromatic rings. The van der Waals surface area contributed by atoms with Crippen molar-refractivity contribution < 1.29 is 13.7 Å². The summed E-state index contributed by atoms with van der Waals surface area (Å²) in [4.78, 5) is 13.1. The second-order valence-corrected chi connectivity index (χ2v) is 3.58. The van der Waals surface area contributed by atoms with Crippen LogP contribution in [0.25, 0.3) is 0 Å². The van der Waals surface area contributed by atoms with Crippen molar-refractivity contribution in [2.24, 2.45) is 0 Å². The van der Waals surface area contributed by atoms with Crippen molar-refractivity contribution in [3.63, 3.8) is 0 Å². The first-order valence-corrected chi connectivity index (χ1v) is 4.98. The topological polar surface area (TPSA) is 56.0 Å². The molecule has 0 radical (unpaired) electrons. The summed E-state index contributed by atoms with van der Waals surface area (Å²) in [6.07, 6.45) is -2.82. The Balaban J connectivity index is 3.38. The molecule has 0 atom stereocenters. The van der Waals surface area contributed by atoms with Gasteiger partial charge in [-0.15, -0.1) is 11.6 Å². The van der Waals surface area contributed by atoms with E-state index in [1.807, 2.05) is 0 Å². The molecule has 0 N–H and O–H groups in total. The Bertz CT molecular complexity index is 403. The van der Waals surface area contributed by atoms with E-state index in [0.717, 1.165) is 6.07 Å². The van der Waals surface area contributed by atoms with Crippen LogP contribution >= 0.6 is 27.5 Å². The van der Waals surface area contributed by atoms with E-state index in [1.165, 1.54) is 0 Å². The highest BCUT2D eigenvalue weighted by Crippen LogP contribution is 2.32. The molecule has 0 aliphatic heterocycles. The molecule has 4 nitrogen and oxygen atoms in total. The Morgan fingerprint density at radius 1 is 1.67 bits per heavy atom. The summed E-state index contributed by atoms with van der Waals surface area (Å²) in [5.74, 6) is -0.814. The van der Waals surface area contributed by atoms with Crippen molar-refractivity contribution in [1.82, 2.24) is 4.98 Å². The van der Waals surface area contributed by atoms with Gasteiger partial charge in [-0.05, 0) is 25.8 Å². The fraction of sp³-hybridized carbons (Fsp3) is 0.286. The van der Waals surface area contributed by atoms with Gasteiger partial charge in [-0.25, -0.2) is 8.78 Å². The second-order valence-electron chi connectivity index (χ2n) is 2.52. The predicted molar refractivity (Wildman–Crippen MR) is 53.1 cm³/mol. The lowest BCUT2D eigenvalue weighted by Crippen LogP contribution is -2.00. The molecule has 1 aromatic heterocycles. The minimum Gasteiger partial charge on any atom is -0.358 e. The molecule has 15 heavy (non-hydrogen) atoms. The van der Waals surface area contributed by atoms with Gasteiger partial charge in [0.05, 0.1) is 10.4 Å². The Morgan fingerprint density at radius 2 is 2.27 bits per heavy atom. The lowest BCUT2D eigenvalue weighted by molar-refractivity contribution is -0.389. The Labute approximate surface area is 96.5 Å². The van der Waals surface area contributed by atoms with Crippen LogP contribution in [0.3, 0.4) is 0 Å². The molecule has 0 aliphatic rings. The molecule has 8 heteroatoms. The van der Waals surface area contributed by atoms with E-state index in [9.17, 15) is 18.9 Å². The predicted octanol–water partition coefficient (Wildman–Crippen LogP) is 3.43. The third-order valence-corrected chi connectivity index (χ3v) is 2.76. The first-order valence-electron chi connectivity index (χ1n) is 3.65. The first kappa shape index (κ1) is 12.3. The molecule has 1 heterocycles. The van der Waals surface area contributed by atoms with E-state index in [4.69, 9.17) is 11.6 Å². The lowest BCUT2D eigenvalue weighted by Gasteiger charge is -2.04. The molecular weight excluding hydrogens is 297 g/mol. The van der Waals surface area contributed by atoms with Crippen LogP contribution < -0.4 is 0 Å². The number of rotatable bonds is 3. The molecule has 82 valence electrons. The summed E-state index contributed by atoms with van der Waals surface area (Å²) in [5, 5.41) is 10.4. The number of nitro groups is 1. The van der Waals surface area contributed by atoms with Crippen LogP contribution in [-0.2, 0) is 5.88 Å². The average Bonchev–Trinajstić information content (AvgIpc) is 2.17. The molecule has 0 aliphatic carbocycles. The van der Waals surface area contributed by atoms with Gasteiger partial charge in [0.2, 0.25) is 0 Å². The standard InChI is InChI=1S/C7H4BrClF2N2O2/c8-6-3(7(10)11)1-5(13(14)15)12-4(6)2-9/h1,7H,2H2. The number of hydrogen-bond donors (Lipinski definition) is 0. The summed E-state index contributed by atoms with van der Waals surface area (Å²) in [6, 6.07) is 0.727. The van der Waals surface area contributed by atoms with Gasteiger partial charge in [0.1, 0.15) is 0 Å². The molecule has 0 saturated carbocycles. The highest BCUT2D eigenvalue weighted by Gasteiger charge is 2.23. The Kier molecular flexibility index (Phi) is 3.92. The van der Waals surface area contributed by atoms with Crippen LogP contribution in [0.2, 0.25) is 0 Å². The van der Waals surface area contributed by atoms with Crippen LogP contribution in [0.1, 0.15) is 17.7 Å². The van der Waals surface area contributed by atoms with E-state index in [0.29, 0.717) is 0 Å². The van der Waals surface area contributed by atoms with Crippen molar-refractivity contribution in [3.05, 3.63) is 31.9 Å². The van der Waals surface area contributed by atoms with Gasteiger partial charge in [0.15, 0.2) is 5.69 Å². The van der Waals surface area contributed by atoms with Gasteiger partial charge < -0.3 is 10.1 Å². The van der Waals surface area contributed by atoms with Gasteiger partial charge in [0, 0.05) is 11.6 Å². The van der Waals surface area contributed by atoms with Gasteiger partial charge in [0.25, 0.3) is 6.43 Å². The number of hydrogen-bond acceptors (Lipinski definition) is 3. The maximum atomic E-state index is 12.5. The summed E-state index contributed by atoms with van der Waals surface area (Å²) in [7, 11) is 0. The van der Waals surface area contributed by atoms with Gasteiger partial charge in [-0.2, -0.15) is 0 Å². The minimum absolute atomic E-state index is 0.0121. The van der Waals surface area contributed by atoms with Gasteiger partial charge >= 0.3 is 5.82 Å². The molecule has 0 spiro atoms. The zero-order valence-electron chi connectivity index (χ0n) is 7.08. The number of aromatic nitrogens is 1. The number of halogens is 4. The zero-order valence-corrected chi connectivity index (χ0v) is 9.43. The van der Waals surface area contributed by atoms with E-state index in [1.54, 1.807) is 0 Å². The minimum atomic E-state index is -2.82. The first-order chi connectivity index (χ1) is 6.97. The summed E-state index contributed by atoms with van der Waals surface area (Å²) < 4.78 is 24.9.